The highest BCUT2D eigenvalue weighted by Crippen LogP contribution is 2.17. The highest BCUT2D eigenvalue weighted by atomic mass is 16.4. The van der Waals surface area contributed by atoms with Gasteiger partial charge in [0.15, 0.2) is 0 Å². The number of hydrogen-bond donors (Lipinski definition) is 3. The summed E-state index contributed by atoms with van der Waals surface area (Å²) in [6, 6.07) is 4.85. The quantitative estimate of drug-likeness (QED) is 0.769. The van der Waals surface area contributed by atoms with Crippen LogP contribution in [0.5, 0.6) is 0 Å². The number of aryl methyl sites for hydroxylation is 1. The van der Waals surface area contributed by atoms with Crippen molar-refractivity contribution in [1.82, 2.24) is 5.32 Å². The minimum atomic E-state index is -0.950. The SMILES string of the molecule is Cc1cc(NC(=O)CCC2CCNC2)ccc1C(=O)O. The second kappa shape index (κ2) is 6.52. The van der Waals surface area contributed by atoms with Crippen molar-refractivity contribution in [1.29, 1.82) is 0 Å². The molecule has 108 valence electrons. The Morgan fingerprint density at radius 1 is 1.45 bits per heavy atom. The van der Waals surface area contributed by atoms with E-state index in [1.54, 1.807) is 19.1 Å². The summed E-state index contributed by atoms with van der Waals surface area (Å²) in [5, 5.41) is 15.1. The Morgan fingerprint density at radius 2 is 2.25 bits per heavy atom. The topological polar surface area (TPSA) is 78.4 Å². The average Bonchev–Trinajstić information content (AvgIpc) is 2.89. The fourth-order valence-corrected chi connectivity index (χ4v) is 2.50. The van der Waals surface area contributed by atoms with Gasteiger partial charge in [0.25, 0.3) is 0 Å². The van der Waals surface area contributed by atoms with E-state index in [1.165, 1.54) is 6.07 Å². The van der Waals surface area contributed by atoms with Gasteiger partial charge in [0, 0.05) is 12.1 Å². The minimum Gasteiger partial charge on any atom is -0.478 e. The number of nitrogens with one attached hydrogen (secondary N) is 2. The molecule has 5 heteroatoms. The molecule has 20 heavy (non-hydrogen) atoms. The summed E-state index contributed by atoms with van der Waals surface area (Å²) < 4.78 is 0. The summed E-state index contributed by atoms with van der Waals surface area (Å²) in [5.41, 5.74) is 1.57. The van der Waals surface area contributed by atoms with Crippen LogP contribution in [-0.2, 0) is 4.79 Å². The Bertz CT molecular complexity index is 508. The van der Waals surface area contributed by atoms with Gasteiger partial charge in [-0.2, -0.15) is 0 Å². The highest BCUT2D eigenvalue weighted by molar-refractivity contribution is 5.93. The van der Waals surface area contributed by atoms with Crippen LogP contribution in [-0.4, -0.2) is 30.1 Å². The molecule has 2 rings (SSSR count). The minimum absolute atomic E-state index is 0.0145. The number of aromatic carboxylic acids is 1. The molecular weight excluding hydrogens is 256 g/mol. The second-order valence-electron chi connectivity index (χ2n) is 5.28. The molecular formula is C15H20N2O3. The fourth-order valence-electron chi connectivity index (χ4n) is 2.50. The van der Waals surface area contributed by atoms with Crippen LogP contribution < -0.4 is 10.6 Å². The highest BCUT2D eigenvalue weighted by Gasteiger charge is 2.16. The Hall–Kier alpha value is -1.88. The molecule has 1 aromatic rings. The van der Waals surface area contributed by atoms with Crippen LogP contribution in [0.15, 0.2) is 18.2 Å². The molecule has 5 nitrogen and oxygen atoms in total. The van der Waals surface area contributed by atoms with Gasteiger partial charge in [0.1, 0.15) is 0 Å². The van der Waals surface area contributed by atoms with Crippen molar-refractivity contribution >= 4 is 17.6 Å². The molecule has 1 aliphatic heterocycles. The number of carboxylic acids is 1. The summed E-state index contributed by atoms with van der Waals surface area (Å²) in [6.07, 6.45) is 2.54. The van der Waals surface area contributed by atoms with E-state index in [2.05, 4.69) is 10.6 Å². The molecule has 1 unspecified atom stereocenters. The van der Waals surface area contributed by atoms with Gasteiger partial charge >= 0.3 is 5.97 Å². The van der Waals surface area contributed by atoms with Crippen LogP contribution in [0.25, 0.3) is 0 Å². The molecule has 0 saturated carbocycles. The molecule has 0 radical (unpaired) electrons. The lowest BCUT2D eigenvalue weighted by atomic mass is 10.0. The molecule has 1 amide bonds. The van der Waals surface area contributed by atoms with Crippen LogP contribution >= 0.6 is 0 Å². The van der Waals surface area contributed by atoms with E-state index in [0.29, 0.717) is 23.6 Å². The smallest absolute Gasteiger partial charge is 0.335 e. The number of carboxylic acid groups (broad SMARTS) is 1. The molecule has 0 aromatic heterocycles. The van der Waals surface area contributed by atoms with E-state index in [-0.39, 0.29) is 11.5 Å². The van der Waals surface area contributed by atoms with E-state index < -0.39 is 5.97 Å². The van der Waals surface area contributed by atoms with Gasteiger partial charge < -0.3 is 15.7 Å². The molecule has 1 atom stereocenters. The summed E-state index contributed by atoms with van der Waals surface area (Å²) in [5.74, 6) is -0.370. The number of carbonyl (C=O) groups is 2. The first-order valence-corrected chi connectivity index (χ1v) is 6.91. The summed E-state index contributed by atoms with van der Waals surface area (Å²) in [7, 11) is 0. The third-order valence-corrected chi connectivity index (χ3v) is 3.68. The molecule has 1 saturated heterocycles. The second-order valence-corrected chi connectivity index (χ2v) is 5.28. The van der Waals surface area contributed by atoms with Gasteiger partial charge in [0.2, 0.25) is 5.91 Å². The number of carbonyl (C=O) groups excluding carboxylic acids is 1. The maximum atomic E-state index is 11.9. The Labute approximate surface area is 118 Å². The van der Waals surface area contributed by atoms with Gasteiger partial charge in [-0.05, 0) is 62.5 Å². The molecule has 0 aliphatic carbocycles. The number of hydrogen-bond acceptors (Lipinski definition) is 3. The molecule has 1 fully saturated rings. The van der Waals surface area contributed by atoms with Crippen molar-refractivity contribution in [3.63, 3.8) is 0 Å². The van der Waals surface area contributed by atoms with Gasteiger partial charge in [-0.3, -0.25) is 4.79 Å². The Kier molecular flexibility index (Phi) is 4.74. The molecule has 0 spiro atoms. The molecule has 1 heterocycles. The zero-order valence-corrected chi connectivity index (χ0v) is 11.6. The maximum Gasteiger partial charge on any atom is 0.335 e. The fraction of sp³-hybridized carbons (Fsp3) is 0.467. The van der Waals surface area contributed by atoms with Crippen LogP contribution in [0, 0.1) is 12.8 Å². The first-order valence-electron chi connectivity index (χ1n) is 6.91. The van der Waals surface area contributed by atoms with Crippen LogP contribution in [0.1, 0.15) is 35.2 Å². The van der Waals surface area contributed by atoms with Gasteiger partial charge in [-0.15, -0.1) is 0 Å². The van der Waals surface area contributed by atoms with E-state index in [1.807, 2.05) is 0 Å². The van der Waals surface area contributed by atoms with Crippen LogP contribution in [0.2, 0.25) is 0 Å². The Balaban J connectivity index is 1.87. The van der Waals surface area contributed by atoms with Crippen molar-refractivity contribution in [3.8, 4) is 0 Å². The van der Waals surface area contributed by atoms with E-state index in [0.717, 1.165) is 25.9 Å². The standard InChI is InChI=1S/C15H20N2O3/c1-10-8-12(3-4-13(10)15(19)20)17-14(18)5-2-11-6-7-16-9-11/h3-4,8,11,16H,2,5-7,9H2,1H3,(H,17,18)(H,19,20). The number of benzene rings is 1. The monoisotopic (exact) mass is 276 g/mol. The molecule has 1 aliphatic rings. The predicted octanol–water partition coefficient (Wildman–Crippen LogP) is 2.02. The largest absolute Gasteiger partial charge is 0.478 e. The lowest BCUT2D eigenvalue weighted by molar-refractivity contribution is -0.116. The van der Waals surface area contributed by atoms with Crippen molar-refractivity contribution < 1.29 is 14.7 Å². The van der Waals surface area contributed by atoms with Crippen LogP contribution in [0.3, 0.4) is 0 Å². The number of anilines is 1. The molecule has 1 aromatic carbocycles. The lowest BCUT2D eigenvalue weighted by Gasteiger charge is -2.10. The summed E-state index contributed by atoms with van der Waals surface area (Å²) >= 11 is 0. The lowest BCUT2D eigenvalue weighted by Crippen LogP contribution is -2.15. The van der Waals surface area contributed by atoms with E-state index in [9.17, 15) is 9.59 Å². The van der Waals surface area contributed by atoms with Crippen LogP contribution in [0.4, 0.5) is 5.69 Å². The number of amides is 1. The van der Waals surface area contributed by atoms with Crippen molar-refractivity contribution in [3.05, 3.63) is 29.3 Å². The summed E-state index contributed by atoms with van der Waals surface area (Å²) in [6.45, 7) is 3.77. The zero-order valence-electron chi connectivity index (χ0n) is 11.6. The molecule has 3 N–H and O–H groups in total. The zero-order chi connectivity index (χ0) is 14.5. The van der Waals surface area contributed by atoms with Crippen molar-refractivity contribution in [2.45, 2.75) is 26.2 Å². The van der Waals surface area contributed by atoms with Gasteiger partial charge in [0.05, 0.1) is 5.56 Å². The van der Waals surface area contributed by atoms with Crippen molar-refractivity contribution in [2.24, 2.45) is 5.92 Å². The molecule has 0 bridgehead atoms. The van der Waals surface area contributed by atoms with E-state index >= 15 is 0 Å². The Morgan fingerprint density at radius 3 is 2.85 bits per heavy atom. The number of rotatable bonds is 5. The van der Waals surface area contributed by atoms with Gasteiger partial charge in [-0.1, -0.05) is 0 Å². The average molecular weight is 276 g/mol. The summed E-state index contributed by atoms with van der Waals surface area (Å²) in [4.78, 5) is 22.8. The first-order chi connectivity index (χ1) is 9.56. The van der Waals surface area contributed by atoms with Crippen molar-refractivity contribution in [2.75, 3.05) is 18.4 Å². The predicted molar refractivity (Wildman–Crippen MR) is 77.0 cm³/mol. The third-order valence-electron chi connectivity index (χ3n) is 3.68. The maximum absolute atomic E-state index is 11.9. The normalized spacial score (nSPS) is 17.9. The van der Waals surface area contributed by atoms with E-state index in [4.69, 9.17) is 5.11 Å². The first kappa shape index (κ1) is 14.5. The third kappa shape index (κ3) is 3.81. The van der Waals surface area contributed by atoms with Gasteiger partial charge in [-0.25, -0.2) is 4.79 Å².